The van der Waals surface area contributed by atoms with Crippen LogP contribution in [0, 0.1) is 5.92 Å². The monoisotopic (exact) mass is 388 g/mol. The lowest BCUT2D eigenvalue weighted by Gasteiger charge is -2.42. The van der Waals surface area contributed by atoms with Crippen LogP contribution >= 0.6 is 0 Å². The van der Waals surface area contributed by atoms with Gasteiger partial charge in [0.05, 0.1) is 13.2 Å². The summed E-state index contributed by atoms with van der Waals surface area (Å²) < 4.78 is 5.29. The predicted octanol–water partition coefficient (Wildman–Crippen LogP) is 1.80. The molecule has 2 heterocycles. The molecule has 0 amide bonds. The fourth-order valence-corrected chi connectivity index (χ4v) is 4.29. The van der Waals surface area contributed by atoms with Gasteiger partial charge in [0.15, 0.2) is 0 Å². The fourth-order valence-electron chi connectivity index (χ4n) is 4.29. The summed E-state index contributed by atoms with van der Waals surface area (Å²) in [6.07, 6.45) is 3.14. The van der Waals surface area contributed by atoms with Gasteiger partial charge in [0.1, 0.15) is 5.75 Å². The molecule has 0 bridgehead atoms. The molecular weight excluding hydrogens is 352 g/mol. The normalized spacial score (nSPS) is 26.4. The molecule has 6 nitrogen and oxygen atoms in total. The summed E-state index contributed by atoms with van der Waals surface area (Å²) in [4.78, 5) is 5.10. The van der Waals surface area contributed by atoms with Crippen LogP contribution in [-0.2, 0) is 0 Å². The van der Waals surface area contributed by atoms with Gasteiger partial charge in [-0.2, -0.15) is 0 Å². The Kier molecular flexibility index (Phi) is 7.88. The number of benzene rings is 1. The highest BCUT2D eigenvalue weighted by atomic mass is 16.5. The van der Waals surface area contributed by atoms with Crippen LogP contribution in [0.4, 0.5) is 0 Å². The Bertz CT molecular complexity index is 630. The van der Waals surface area contributed by atoms with Crippen molar-refractivity contribution < 1.29 is 9.84 Å². The maximum absolute atomic E-state index is 9.53. The smallest absolute Gasteiger partial charge is 0.118 e. The van der Waals surface area contributed by atoms with Gasteiger partial charge in [0.2, 0.25) is 0 Å². The van der Waals surface area contributed by atoms with Crippen LogP contribution in [0.1, 0.15) is 31.9 Å². The molecule has 2 saturated heterocycles. The van der Waals surface area contributed by atoms with Gasteiger partial charge in [-0.25, -0.2) is 5.43 Å². The number of aliphatic hydroxyl groups is 1. The average Bonchev–Trinajstić information content (AvgIpc) is 3.15. The quantitative estimate of drug-likeness (QED) is 0.591. The van der Waals surface area contributed by atoms with Gasteiger partial charge in [-0.05, 0) is 38.0 Å². The lowest BCUT2D eigenvalue weighted by atomic mass is 9.93. The molecular formula is C22H36N4O2. The number of hydrazine groups is 1. The third kappa shape index (κ3) is 5.55. The molecule has 3 atom stereocenters. The fraction of sp³-hybridized carbons (Fsp3) is 0.636. The van der Waals surface area contributed by atoms with Gasteiger partial charge in [-0.1, -0.05) is 23.8 Å². The van der Waals surface area contributed by atoms with Crippen LogP contribution < -0.4 is 15.6 Å². The minimum Gasteiger partial charge on any atom is -0.497 e. The first-order chi connectivity index (χ1) is 13.6. The van der Waals surface area contributed by atoms with Crippen LogP contribution in [0.25, 0.3) is 0 Å². The standard InChI is InChI=1S/C22H36N4O2/c1-17(2)8-10-26-12-11-25(16-20(26)9-13-27)15-19-14-23-24-22(19)18-4-6-21(28-3)7-5-18/h4-8,19-20,22-24,27H,9-16H2,1-3H3. The van der Waals surface area contributed by atoms with Crippen LogP contribution in [0.3, 0.4) is 0 Å². The zero-order chi connectivity index (χ0) is 19.9. The molecule has 3 unspecified atom stereocenters. The van der Waals surface area contributed by atoms with E-state index in [4.69, 9.17) is 4.74 Å². The van der Waals surface area contributed by atoms with Crippen molar-refractivity contribution in [1.82, 2.24) is 20.7 Å². The second-order valence-corrected chi connectivity index (χ2v) is 8.24. The highest BCUT2D eigenvalue weighted by Gasteiger charge is 2.33. The summed E-state index contributed by atoms with van der Waals surface area (Å²) in [7, 11) is 1.70. The predicted molar refractivity (Wildman–Crippen MR) is 113 cm³/mol. The summed E-state index contributed by atoms with van der Waals surface area (Å²) in [5, 5.41) is 9.53. The number of nitrogens with zero attached hydrogens (tertiary/aromatic N) is 2. The van der Waals surface area contributed by atoms with Crippen molar-refractivity contribution in [3.05, 3.63) is 41.5 Å². The van der Waals surface area contributed by atoms with Crippen LogP contribution in [0.5, 0.6) is 5.75 Å². The third-order valence-electron chi connectivity index (χ3n) is 5.95. The summed E-state index contributed by atoms with van der Waals surface area (Å²) in [5.74, 6) is 1.41. The highest BCUT2D eigenvalue weighted by Crippen LogP contribution is 2.28. The van der Waals surface area contributed by atoms with Crippen LogP contribution in [-0.4, -0.2) is 73.9 Å². The van der Waals surface area contributed by atoms with Crippen molar-refractivity contribution in [2.75, 3.05) is 53.0 Å². The topological polar surface area (TPSA) is 60.0 Å². The molecule has 3 N–H and O–H groups in total. The van der Waals surface area contributed by atoms with E-state index >= 15 is 0 Å². The molecule has 28 heavy (non-hydrogen) atoms. The second-order valence-electron chi connectivity index (χ2n) is 8.24. The van der Waals surface area contributed by atoms with E-state index in [9.17, 15) is 5.11 Å². The van der Waals surface area contributed by atoms with Crippen LogP contribution in [0.2, 0.25) is 0 Å². The number of allylic oxidation sites excluding steroid dienone is 1. The summed E-state index contributed by atoms with van der Waals surface area (Å²) in [6.45, 7) is 10.8. The first kappa shape index (κ1) is 21.3. The minimum atomic E-state index is 0.255. The first-order valence-corrected chi connectivity index (χ1v) is 10.4. The van der Waals surface area contributed by atoms with Gasteiger partial charge >= 0.3 is 0 Å². The average molecular weight is 389 g/mol. The Morgan fingerprint density at radius 2 is 2.04 bits per heavy atom. The first-order valence-electron chi connectivity index (χ1n) is 10.4. The molecule has 2 fully saturated rings. The van der Waals surface area contributed by atoms with Gasteiger partial charge in [0, 0.05) is 57.8 Å². The van der Waals surface area contributed by atoms with Crippen molar-refractivity contribution in [1.29, 1.82) is 0 Å². The molecule has 0 aliphatic carbocycles. The molecule has 0 spiro atoms. The van der Waals surface area contributed by atoms with E-state index in [2.05, 4.69) is 52.7 Å². The van der Waals surface area contributed by atoms with Crippen molar-refractivity contribution in [2.45, 2.75) is 32.4 Å². The van der Waals surface area contributed by atoms with E-state index in [0.717, 1.165) is 51.4 Å². The molecule has 2 aliphatic rings. The molecule has 1 aromatic rings. The Morgan fingerprint density at radius 3 is 2.71 bits per heavy atom. The Balaban J connectivity index is 1.59. The number of ether oxygens (including phenoxy) is 1. The van der Waals surface area contributed by atoms with Crippen molar-refractivity contribution in [2.24, 2.45) is 5.92 Å². The lowest BCUT2D eigenvalue weighted by molar-refractivity contribution is 0.0586. The Hall–Kier alpha value is -1.44. The number of nitrogens with one attached hydrogen (secondary N) is 2. The highest BCUT2D eigenvalue weighted by molar-refractivity contribution is 5.30. The second kappa shape index (κ2) is 10.4. The van der Waals surface area contributed by atoms with Crippen molar-refractivity contribution >= 4 is 0 Å². The number of methoxy groups -OCH3 is 1. The largest absolute Gasteiger partial charge is 0.497 e. The molecule has 2 aliphatic heterocycles. The third-order valence-corrected chi connectivity index (χ3v) is 5.95. The number of hydrogen-bond acceptors (Lipinski definition) is 6. The minimum absolute atomic E-state index is 0.255. The van der Waals surface area contributed by atoms with E-state index in [-0.39, 0.29) is 6.61 Å². The van der Waals surface area contributed by atoms with Crippen molar-refractivity contribution in [3.63, 3.8) is 0 Å². The number of piperazine rings is 1. The SMILES string of the molecule is COc1ccc(C2NNCC2CN2CCN(CC=C(C)C)C(CCO)C2)cc1. The Labute approximate surface area is 169 Å². The molecule has 0 saturated carbocycles. The summed E-state index contributed by atoms with van der Waals surface area (Å²) in [5.41, 5.74) is 9.46. The van der Waals surface area contributed by atoms with E-state index in [1.54, 1.807) is 7.11 Å². The van der Waals surface area contributed by atoms with E-state index in [0.29, 0.717) is 18.0 Å². The van der Waals surface area contributed by atoms with Gasteiger partial charge in [0.25, 0.3) is 0 Å². The number of aliphatic hydroxyl groups excluding tert-OH is 1. The lowest BCUT2D eigenvalue weighted by Crippen LogP contribution is -2.54. The van der Waals surface area contributed by atoms with E-state index in [1.165, 1.54) is 11.1 Å². The molecule has 0 radical (unpaired) electrons. The molecule has 156 valence electrons. The zero-order valence-electron chi connectivity index (χ0n) is 17.5. The van der Waals surface area contributed by atoms with Crippen molar-refractivity contribution in [3.8, 4) is 5.75 Å². The molecule has 3 rings (SSSR count). The van der Waals surface area contributed by atoms with Gasteiger partial charge in [-0.3, -0.25) is 10.3 Å². The summed E-state index contributed by atoms with van der Waals surface area (Å²) in [6, 6.07) is 9.12. The van der Waals surface area contributed by atoms with Gasteiger partial charge < -0.3 is 14.7 Å². The van der Waals surface area contributed by atoms with E-state index in [1.807, 2.05) is 12.1 Å². The number of rotatable bonds is 8. The number of hydrogen-bond donors (Lipinski definition) is 3. The van der Waals surface area contributed by atoms with Gasteiger partial charge in [-0.15, -0.1) is 0 Å². The molecule has 1 aromatic carbocycles. The Morgan fingerprint density at radius 1 is 1.25 bits per heavy atom. The van der Waals surface area contributed by atoms with E-state index < -0.39 is 0 Å². The zero-order valence-corrected chi connectivity index (χ0v) is 17.5. The maximum Gasteiger partial charge on any atom is 0.118 e. The maximum atomic E-state index is 9.53. The molecule has 0 aromatic heterocycles. The van der Waals surface area contributed by atoms with Crippen LogP contribution in [0.15, 0.2) is 35.9 Å². The summed E-state index contributed by atoms with van der Waals surface area (Å²) >= 11 is 0. The molecule has 6 heteroatoms.